The molecule has 4 nitrogen and oxygen atoms in total. The zero-order valence-electron chi connectivity index (χ0n) is 11.9. The first-order valence-electron chi connectivity index (χ1n) is 6.77. The summed E-state index contributed by atoms with van der Waals surface area (Å²) in [6.07, 6.45) is 0.778. The molecule has 114 valence electrons. The standard InChI is InChI=1S/C16H15NO3S2/c1-10-7-14(21-9-10)16(19)17-8-11-4-5-13(22-11)15(18)12-3-2-6-20-12/h2-7,9,15,18H,8H2,1H3,(H,17,19)/t15-/m1/s1. The molecule has 0 aliphatic heterocycles. The molecule has 2 N–H and O–H groups in total. The summed E-state index contributed by atoms with van der Waals surface area (Å²) in [7, 11) is 0. The lowest BCUT2D eigenvalue weighted by Crippen LogP contribution is -2.21. The Kier molecular flexibility index (Phi) is 4.42. The van der Waals surface area contributed by atoms with Crippen LogP contribution in [0.4, 0.5) is 0 Å². The summed E-state index contributed by atoms with van der Waals surface area (Å²) < 4.78 is 5.21. The molecule has 1 atom stereocenters. The highest BCUT2D eigenvalue weighted by Crippen LogP contribution is 2.28. The zero-order valence-corrected chi connectivity index (χ0v) is 13.5. The molecule has 0 aromatic carbocycles. The van der Waals surface area contributed by atoms with Crippen molar-refractivity contribution in [2.24, 2.45) is 0 Å². The van der Waals surface area contributed by atoms with Gasteiger partial charge in [-0.05, 0) is 48.2 Å². The van der Waals surface area contributed by atoms with Crippen molar-refractivity contribution in [1.29, 1.82) is 0 Å². The summed E-state index contributed by atoms with van der Waals surface area (Å²) >= 11 is 2.90. The van der Waals surface area contributed by atoms with E-state index in [-0.39, 0.29) is 5.91 Å². The van der Waals surface area contributed by atoms with Crippen LogP contribution < -0.4 is 5.32 Å². The minimum absolute atomic E-state index is 0.0698. The zero-order chi connectivity index (χ0) is 15.5. The van der Waals surface area contributed by atoms with Crippen LogP contribution in [0.3, 0.4) is 0 Å². The fraction of sp³-hybridized carbons (Fsp3) is 0.188. The number of carbonyl (C=O) groups is 1. The van der Waals surface area contributed by atoms with Gasteiger partial charge in [0.05, 0.1) is 17.7 Å². The summed E-state index contributed by atoms with van der Waals surface area (Å²) in [5, 5.41) is 15.0. The van der Waals surface area contributed by atoms with E-state index >= 15 is 0 Å². The molecule has 3 heterocycles. The molecule has 3 aromatic heterocycles. The summed E-state index contributed by atoms with van der Waals surface area (Å²) in [4.78, 5) is 14.5. The number of thiophene rings is 2. The molecule has 22 heavy (non-hydrogen) atoms. The molecule has 6 heteroatoms. The molecule has 0 saturated carbocycles. The van der Waals surface area contributed by atoms with Crippen LogP contribution in [0.5, 0.6) is 0 Å². The maximum Gasteiger partial charge on any atom is 0.261 e. The largest absolute Gasteiger partial charge is 0.466 e. The third-order valence-corrected chi connectivity index (χ3v) is 5.33. The van der Waals surface area contributed by atoms with Gasteiger partial charge in [0.1, 0.15) is 11.9 Å². The Balaban J connectivity index is 1.61. The quantitative estimate of drug-likeness (QED) is 0.748. The van der Waals surface area contributed by atoms with Gasteiger partial charge in [-0.15, -0.1) is 22.7 Å². The van der Waals surface area contributed by atoms with Crippen molar-refractivity contribution < 1.29 is 14.3 Å². The van der Waals surface area contributed by atoms with Gasteiger partial charge >= 0.3 is 0 Å². The van der Waals surface area contributed by atoms with E-state index < -0.39 is 6.10 Å². The van der Waals surface area contributed by atoms with E-state index in [0.29, 0.717) is 17.2 Å². The third-order valence-electron chi connectivity index (χ3n) is 3.14. The molecule has 0 fully saturated rings. The number of amides is 1. The van der Waals surface area contributed by atoms with Crippen LogP contribution in [-0.4, -0.2) is 11.0 Å². The van der Waals surface area contributed by atoms with Crippen molar-refractivity contribution in [3.8, 4) is 0 Å². The van der Waals surface area contributed by atoms with Gasteiger partial charge in [-0.2, -0.15) is 0 Å². The number of hydrogen-bond acceptors (Lipinski definition) is 5. The van der Waals surface area contributed by atoms with Crippen molar-refractivity contribution in [2.45, 2.75) is 19.6 Å². The Morgan fingerprint density at radius 2 is 2.27 bits per heavy atom. The van der Waals surface area contributed by atoms with Crippen LogP contribution in [-0.2, 0) is 6.54 Å². The van der Waals surface area contributed by atoms with Crippen LogP contribution in [0, 0.1) is 6.92 Å². The number of hydrogen-bond donors (Lipinski definition) is 2. The summed E-state index contributed by atoms with van der Waals surface area (Å²) in [5.74, 6) is 0.450. The molecule has 3 aromatic rings. The summed E-state index contributed by atoms with van der Waals surface area (Å²) in [6, 6.07) is 9.13. The number of furan rings is 1. The van der Waals surface area contributed by atoms with Crippen LogP contribution in [0.1, 0.15) is 36.9 Å². The highest BCUT2D eigenvalue weighted by Gasteiger charge is 2.16. The number of carbonyl (C=O) groups excluding carboxylic acids is 1. The van der Waals surface area contributed by atoms with Crippen molar-refractivity contribution in [2.75, 3.05) is 0 Å². The van der Waals surface area contributed by atoms with Gasteiger partial charge in [0.2, 0.25) is 0 Å². The third kappa shape index (κ3) is 3.30. The molecule has 0 aliphatic carbocycles. The predicted molar refractivity (Wildman–Crippen MR) is 87.3 cm³/mol. The van der Waals surface area contributed by atoms with Gasteiger partial charge in [0, 0.05) is 9.75 Å². The highest BCUT2D eigenvalue weighted by atomic mass is 32.1. The number of aliphatic hydroxyl groups excluding tert-OH is 1. The minimum atomic E-state index is -0.760. The maximum atomic E-state index is 12.0. The van der Waals surface area contributed by atoms with Crippen LogP contribution in [0.25, 0.3) is 0 Å². The fourth-order valence-corrected chi connectivity index (χ4v) is 3.79. The van der Waals surface area contributed by atoms with Crippen LogP contribution >= 0.6 is 22.7 Å². The van der Waals surface area contributed by atoms with E-state index in [1.807, 2.05) is 30.5 Å². The molecule has 1 amide bonds. The second kappa shape index (κ2) is 6.48. The molecular formula is C16H15NO3S2. The van der Waals surface area contributed by atoms with Crippen LogP contribution in [0.15, 0.2) is 46.4 Å². The predicted octanol–water partition coefficient (Wildman–Crippen LogP) is 3.72. The molecule has 0 bridgehead atoms. The summed E-state index contributed by atoms with van der Waals surface area (Å²) in [6.45, 7) is 2.42. The Hall–Kier alpha value is -1.89. The van der Waals surface area contributed by atoms with E-state index in [1.54, 1.807) is 12.1 Å². The van der Waals surface area contributed by atoms with E-state index in [1.165, 1.54) is 28.9 Å². The normalized spacial score (nSPS) is 12.3. The number of aryl methyl sites for hydroxylation is 1. The van der Waals surface area contributed by atoms with E-state index in [4.69, 9.17) is 4.42 Å². The Morgan fingerprint density at radius 1 is 1.41 bits per heavy atom. The number of nitrogens with one attached hydrogen (secondary N) is 1. The van der Waals surface area contributed by atoms with Gasteiger partial charge < -0.3 is 14.8 Å². The lowest BCUT2D eigenvalue weighted by Gasteiger charge is -2.04. The average Bonchev–Trinajstić information content (AvgIpc) is 3.25. The van der Waals surface area contributed by atoms with E-state index in [0.717, 1.165) is 15.3 Å². The second-order valence-corrected chi connectivity index (χ2v) is 7.00. The van der Waals surface area contributed by atoms with E-state index in [2.05, 4.69) is 5.32 Å². The first-order valence-corrected chi connectivity index (χ1v) is 8.46. The molecule has 0 spiro atoms. The van der Waals surface area contributed by atoms with Crippen molar-refractivity contribution >= 4 is 28.6 Å². The lowest BCUT2D eigenvalue weighted by atomic mass is 10.2. The van der Waals surface area contributed by atoms with Gasteiger partial charge in [-0.1, -0.05) is 0 Å². The van der Waals surface area contributed by atoms with Crippen LogP contribution in [0.2, 0.25) is 0 Å². The minimum Gasteiger partial charge on any atom is -0.466 e. The molecule has 0 saturated heterocycles. The Morgan fingerprint density at radius 3 is 2.95 bits per heavy atom. The molecular weight excluding hydrogens is 318 g/mol. The Bertz CT molecular complexity index is 758. The van der Waals surface area contributed by atoms with Crippen molar-refractivity contribution in [1.82, 2.24) is 5.32 Å². The van der Waals surface area contributed by atoms with Gasteiger partial charge in [-0.3, -0.25) is 4.79 Å². The number of aliphatic hydroxyl groups is 1. The van der Waals surface area contributed by atoms with Gasteiger partial charge in [0.15, 0.2) is 0 Å². The van der Waals surface area contributed by atoms with E-state index in [9.17, 15) is 9.90 Å². The fourth-order valence-electron chi connectivity index (χ4n) is 2.03. The first-order chi connectivity index (χ1) is 10.6. The maximum absolute atomic E-state index is 12.0. The molecule has 3 rings (SSSR count). The Labute approximate surface area is 136 Å². The number of rotatable bonds is 5. The smallest absolute Gasteiger partial charge is 0.261 e. The summed E-state index contributed by atoms with van der Waals surface area (Å²) in [5.41, 5.74) is 1.09. The molecule has 0 unspecified atom stereocenters. The first kappa shape index (κ1) is 15.0. The molecule has 0 aliphatic rings. The topological polar surface area (TPSA) is 62.5 Å². The highest BCUT2D eigenvalue weighted by molar-refractivity contribution is 7.12. The lowest BCUT2D eigenvalue weighted by molar-refractivity contribution is 0.0955. The van der Waals surface area contributed by atoms with Crippen molar-refractivity contribution in [3.05, 3.63) is 67.9 Å². The SMILES string of the molecule is Cc1csc(C(=O)NCc2ccc([C@H](O)c3ccco3)s2)c1. The molecule has 0 radical (unpaired) electrons. The average molecular weight is 333 g/mol. The second-order valence-electron chi connectivity index (χ2n) is 4.89. The van der Waals surface area contributed by atoms with Gasteiger partial charge in [-0.25, -0.2) is 0 Å². The van der Waals surface area contributed by atoms with Crippen molar-refractivity contribution in [3.63, 3.8) is 0 Å². The van der Waals surface area contributed by atoms with Gasteiger partial charge in [0.25, 0.3) is 5.91 Å². The monoisotopic (exact) mass is 333 g/mol.